The molecule has 18 nitrogen and oxygen atoms in total. The quantitative estimate of drug-likeness (QED) is 0.0820. The molecule has 4 aromatic heterocycles. The van der Waals surface area contributed by atoms with Gasteiger partial charge in [-0.2, -0.15) is 20.7 Å². The van der Waals surface area contributed by atoms with Crippen LogP contribution in [0.4, 0.5) is 36.8 Å². The van der Waals surface area contributed by atoms with Gasteiger partial charge in [-0.15, -0.1) is 0 Å². The molecule has 2 fully saturated rings. The molecule has 0 radical (unpaired) electrons. The highest BCUT2D eigenvalue weighted by molar-refractivity contribution is 5.68. The van der Waals surface area contributed by atoms with Gasteiger partial charge < -0.3 is 35.1 Å². The summed E-state index contributed by atoms with van der Waals surface area (Å²) < 4.78 is 49.9. The highest BCUT2D eigenvalue weighted by atomic mass is 19.1. The van der Waals surface area contributed by atoms with E-state index in [4.69, 9.17) is 19.5 Å². The zero-order valence-electron chi connectivity index (χ0n) is 43.6. The number of hydrogen-bond donors (Lipinski definition) is 3. The van der Waals surface area contributed by atoms with Crippen LogP contribution in [-0.2, 0) is 11.3 Å². The first-order valence-electron chi connectivity index (χ1n) is 25.2. The molecule has 1 amide bonds. The number of amides is 1. The number of carbonyl (C=O) groups excluding carboxylic acids is 1. The maximum Gasteiger partial charge on any atom is 0.410 e. The lowest BCUT2D eigenvalue weighted by Crippen LogP contribution is -2.39. The van der Waals surface area contributed by atoms with E-state index in [0.717, 1.165) is 66.8 Å². The van der Waals surface area contributed by atoms with E-state index >= 15 is 0 Å². The minimum atomic E-state index is -0.725. The van der Waals surface area contributed by atoms with Gasteiger partial charge in [0, 0.05) is 50.4 Å². The summed E-state index contributed by atoms with van der Waals surface area (Å²) in [6, 6.07) is 23.8. The Hall–Kier alpha value is -8.49. The van der Waals surface area contributed by atoms with Gasteiger partial charge in [0.05, 0.1) is 70.2 Å². The average molecular weight is 1040 g/mol. The normalized spacial score (nSPS) is 14.2. The van der Waals surface area contributed by atoms with Gasteiger partial charge in [0.1, 0.15) is 19.8 Å². The van der Waals surface area contributed by atoms with Crippen molar-refractivity contribution in [3.05, 3.63) is 132 Å². The number of nitrogens with zero attached hydrogens (tertiary/aromatic N) is 11. The number of piperidine rings is 2. The SMILES string of the molecule is Cc1cnc(Nc2cnn(C3CCN(C(=O)OCc4ccccc4)CC3)c2)nc1-c1ccc(OCC(C)(C)C#N)c(F)c1.Cc1cnc(Nc2cnn(C3CCNCC3)c2)nc1-c1ccc(OCC(C)(C)C#N)c(F)c1.[HH]. The molecule has 0 unspecified atom stereocenters. The van der Waals surface area contributed by atoms with Gasteiger partial charge in [0.25, 0.3) is 0 Å². The van der Waals surface area contributed by atoms with Crippen LogP contribution in [0.2, 0.25) is 0 Å². The van der Waals surface area contributed by atoms with E-state index in [1.165, 1.54) is 12.1 Å². The van der Waals surface area contributed by atoms with E-state index in [9.17, 15) is 18.8 Å². The Morgan fingerprint density at radius 3 is 1.64 bits per heavy atom. The standard InChI is InChI=1S/C32H34FN7O3.C24H28FN7O.H2/c1-22-16-35-30(38-29(22)24-9-10-28(27(33)15-24)43-21-32(2,3)20-34)37-25-17-36-40(18-25)26-11-13-39(14-12-26)31(41)42-19-23-7-5-4-6-8-23;1-16-11-28-23(30-18-12-29-32(13-18)19-6-8-27-9-7-19)31-22(16)17-4-5-21(20(25)10-17)33-15-24(2,3)14-26;/h4-10,15-18,26H,11-14,19,21H2,1-3H3,(H,35,37,38);4-5,10-13,19,27H,6-9,15H2,1-3H3,(H,28,30,31);1H. The number of likely N-dealkylation sites (tertiary alicyclic amines) is 1. The Kier molecular flexibility index (Phi) is 17.2. The number of nitriles is 2. The van der Waals surface area contributed by atoms with Gasteiger partial charge in [-0.25, -0.2) is 33.5 Å². The summed E-state index contributed by atoms with van der Waals surface area (Å²) >= 11 is 0. The zero-order valence-corrected chi connectivity index (χ0v) is 43.6. The molecule has 20 heteroatoms. The van der Waals surface area contributed by atoms with Gasteiger partial charge in [-0.05, 0) is 133 Å². The number of ether oxygens (including phenoxy) is 3. The fraction of sp³-hybridized carbons (Fsp3) is 0.375. The molecule has 9 rings (SSSR count). The first-order chi connectivity index (χ1) is 36.5. The lowest BCUT2D eigenvalue weighted by atomic mass is 9.97. The number of nitrogens with one attached hydrogen (secondary N) is 3. The molecule has 6 heterocycles. The number of hydrogen-bond acceptors (Lipinski definition) is 15. The van der Waals surface area contributed by atoms with Crippen LogP contribution < -0.4 is 25.4 Å². The summed E-state index contributed by atoms with van der Waals surface area (Å²) in [6.45, 7) is 14.3. The number of benzene rings is 3. The molecule has 0 spiro atoms. The predicted octanol–water partition coefficient (Wildman–Crippen LogP) is 11.1. The van der Waals surface area contributed by atoms with Crippen molar-refractivity contribution in [3.63, 3.8) is 0 Å². The minimum absolute atomic E-state index is 0. The predicted molar refractivity (Wildman–Crippen MR) is 285 cm³/mol. The van der Waals surface area contributed by atoms with Crippen LogP contribution in [0.25, 0.3) is 22.5 Å². The Morgan fingerprint density at radius 2 is 1.18 bits per heavy atom. The van der Waals surface area contributed by atoms with E-state index in [1.807, 2.05) is 65.9 Å². The van der Waals surface area contributed by atoms with Crippen molar-refractivity contribution in [1.82, 2.24) is 49.7 Å². The molecule has 0 bridgehead atoms. The summed E-state index contributed by atoms with van der Waals surface area (Å²) in [4.78, 5) is 32.2. The highest BCUT2D eigenvalue weighted by Gasteiger charge is 2.26. The van der Waals surface area contributed by atoms with Gasteiger partial charge in [-0.1, -0.05) is 30.3 Å². The van der Waals surface area contributed by atoms with Crippen molar-refractivity contribution >= 4 is 29.4 Å². The number of anilines is 4. The Bertz CT molecular complexity index is 3200. The summed E-state index contributed by atoms with van der Waals surface area (Å²) in [5, 5.41) is 37.0. The highest BCUT2D eigenvalue weighted by Crippen LogP contribution is 2.32. The third-order valence-corrected chi connectivity index (χ3v) is 12.8. The lowest BCUT2D eigenvalue weighted by Gasteiger charge is -2.31. The van der Waals surface area contributed by atoms with Crippen molar-refractivity contribution in [2.45, 2.75) is 85.9 Å². The number of halogens is 2. The van der Waals surface area contributed by atoms with Crippen molar-refractivity contribution in [3.8, 4) is 46.2 Å². The third-order valence-electron chi connectivity index (χ3n) is 12.8. The van der Waals surface area contributed by atoms with E-state index in [2.05, 4.69) is 58.2 Å². The molecule has 76 heavy (non-hydrogen) atoms. The molecule has 2 saturated heterocycles. The van der Waals surface area contributed by atoms with Gasteiger partial charge in [0.15, 0.2) is 23.1 Å². The smallest absolute Gasteiger partial charge is 0.410 e. The molecule has 0 aliphatic carbocycles. The largest absolute Gasteiger partial charge is 0.489 e. The van der Waals surface area contributed by atoms with E-state index in [-0.39, 0.29) is 44.9 Å². The molecule has 3 aromatic carbocycles. The van der Waals surface area contributed by atoms with Crippen LogP contribution in [0.5, 0.6) is 11.5 Å². The molecule has 396 valence electrons. The maximum absolute atomic E-state index is 14.8. The zero-order chi connectivity index (χ0) is 53.8. The van der Waals surface area contributed by atoms with Gasteiger partial charge >= 0.3 is 6.09 Å². The average Bonchev–Trinajstić information content (AvgIpc) is 4.11. The van der Waals surface area contributed by atoms with E-state index in [0.29, 0.717) is 53.5 Å². The second-order valence-electron chi connectivity index (χ2n) is 20.2. The van der Waals surface area contributed by atoms with Crippen LogP contribution in [0.3, 0.4) is 0 Å². The minimum Gasteiger partial charge on any atom is -0.489 e. The number of aryl methyl sites for hydroxylation is 2. The summed E-state index contributed by atoms with van der Waals surface area (Å²) in [6.07, 6.45) is 14.0. The molecule has 2 aliphatic rings. The van der Waals surface area contributed by atoms with Gasteiger partial charge in [-0.3, -0.25) is 9.36 Å². The van der Waals surface area contributed by atoms with E-state index < -0.39 is 22.5 Å². The van der Waals surface area contributed by atoms with Crippen molar-refractivity contribution in [1.29, 1.82) is 10.5 Å². The first-order valence-corrected chi connectivity index (χ1v) is 25.2. The molecule has 0 atom stereocenters. The Morgan fingerprint density at radius 1 is 0.711 bits per heavy atom. The third kappa shape index (κ3) is 14.2. The fourth-order valence-electron chi connectivity index (χ4n) is 8.36. The summed E-state index contributed by atoms with van der Waals surface area (Å²) in [7, 11) is 0. The molecule has 7 aromatic rings. The van der Waals surface area contributed by atoms with Crippen molar-refractivity contribution in [2.75, 3.05) is 50.0 Å². The van der Waals surface area contributed by atoms with Crippen LogP contribution in [-0.4, -0.2) is 89.9 Å². The molecule has 0 saturated carbocycles. The van der Waals surface area contributed by atoms with Crippen molar-refractivity contribution < 1.29 is 29.2 Å². The van der Waals surface area contributed by atoms with Crippen molar-refractivity contribution in [2.24, 2.45) is 10.8 Å². The second-order valence-corrected chi connectivity index (χ2v) is 20.2. The number of carbonyl (C=O) groups is 1. The fourth-order valence-corrected chi connectivity index (χ4v) is 8.36. The first kappa shape index (κ1) is 53.8. The van der Waals surface area contributed by atoms with Crippen LogP contribution in [0.15, 0.2) is 104 Å². The summed E-state index contributed by atoms with van der Waals surface area (Å²) in [5.41, 5.74) is 5.07. The lowest BCUT2D eigenvalue weighted by molar-refractivity contribution is 0.0821. The maximum atomic E-state index is 14.8. The molecular formula is C56H64F2N14O4. The number of rotatable bonds is 16. The summed E-state index contributed by atoms with van der Waals surface area (Å²) in [5.74, 6) is -0.0749. The van der Waals surface area contributed by atoms with E-state index in [1.54, 1.807) is 81.6 Å². The molecule has 3 N–H and O–H groups in total. The van der Waals surface area contributed by atoms with Crippen LogP contribution in [0, 0.1) is 59.0 Å². The second kappa shape index (κ2) is 24.2. The topological polar surface area (TPSA) is 219 Å². The van der Waals surface area contributed by atoms with Gasteiger partial charge in [0.2, 0.25) is 11.9 Å². The number of aromatic nitrogens is 8. The Balaban J connectivity index is 0.000000228. The van der Waals surface area contributed by atoms with Crippen LogP contribution in [0.1, 0.15) is 83.6 Å². The Labute approximate surface area is 442 Å². The monoisotopic (exact) mass is 1030 g/mol. The molecular weight excluding hydrogens is 971 g/mol. The van der Waals surface area contributed by atoms with Crippen LogP contribution >= 0.6 is 0 Å². The molecule has 2 aliphatic heterocycles.